The van der Waals surface area contributed by atoms with Crippen LogP contribution in [0, 0.1) is 11.3 Å². The molecule has 2 unspecified atom stereocenters. The second kappa shape index (κ2) is 9.02. The minimum atomic E-state index is -0.986. The number of benzene rings is 2. The summed E-state index contributed by atoms with van der Waals surface area (Å²) in [6, 6.07) is 15.9. The molecule has 0 bridgehead atoms. The van der Waals surface area contributed by atoms with Crippen molar-refractivity contribution >= 4 is 18.0 Å². The highest BCUT2D eigenvalue weighted by atomic mass is 16.5. The molecule has 1 heterocycles. The molecule has 186 valence electrons. The smallest absolute Gasteiger partial charge is 0.407 e. The molecule has 2 N–H and O–H groups in total. The van der Waals surface area contributed by atoms with Crippen LogP contribution in [0.4, 0.5) is 4.79 Å². The van der Waals surface area contributed by atoms with E-state index in [2.05, 4.69) is 29.6 Å². The average molecular weight is 479 g/mol. The van der Waals surface area contributed by atoms with Crippen molar-refractivity contribution in [2.75, 3.05) is 13.2 Å². The van der Waals surface area contributed by atoms with Crippen molar-refractivity contribution in [2.45, 2.75) is 58.5 Å². The summed E-state index contributed by atoms with van der Waals surface area (Å²) >= 11 is 0. The lowest BCUT2D eigenvalue weighted by atomic mass is 9.73. The van der Waals surface area contributed by atoms with Gasteiger partial charge in [0.1, 0.15) is 6.61 Å². The van der Waals surface area contributed by atoms with Gasteiger partial charge in [-0.25, -0.2) is 4.79 Å². The Balaban J connectivity index is 1.43. The summed E-state index contributed by atoms with van der Waals surface area (Å²) in [5.74, 6) is -1.70. The summed E-state index contributed by atoms with van der Waals surface area (Å²) in [7, 11) is 0. The zero-order valence-electron chi connectivity index (χ0n) is 21.0. The Morgan fingerprint density at radius 3 is 2.06 bits per heavy atom. The molecule has 2 aromatic rings. The lowest BCUT2D eigenvalue weighted by molar-refractivity contribution is -0.147. The molecule has 0 saturated carbocycles. The quantitative estimate of drug-likeness (QED) is 0.630. The zero-order chi connectivity index (χ0) is 25.5. The number of nitrogens with one attached hydrogen (secondary N) is 1. The first-order chi connectivity index (χ1) is 16.5. The second-order valence-electron chi connectivity index (χ2n) is 10.7. The van der Waals surface area contributed by atoms with Gasteiger partial charge in [-0.2, -0.15) is 0 Å². The Labute approximate surface area is 206 Å². The second-order valence-corrected chi connectivity index (χ2v) is 10.7. The van der Waals surface area contributed by atoms with Crippen LogP contribution < -0.4 is 5.32 Å². The van der Waals surface area contributed by atoms with E-state index in [9.17, 15) is 19.5 Å². The number of hydrogen-bond acceptors (Lipinski definition) is 4. The first-order valence-electron chi connectivity index (χ1n) is 12.1. The van der Waals surface area contributed by atoms with Gasteiger partial charge in [0.25, 0.3) is 0 Å². The highest BCUT2D eigenvalue weighted by Crippen LogP contribution is 2.44. The van der Waals surface area contributed by atoms with Crippen LogP contribution in [0.1, 0.15) is 58.1 Å². The van der Waals surface area contributed by atoms with E-state index >= 15 is 0 Å². The number of aliphatic carboxylic acids is 1. The Kier molecular flexibility index (Phi) is 6.38. The molecule has 1 aliphatic carbocycles. The molecule has 1 saturated heterocycles. The number of likely N-dealkylation sites (tertiary alicyclic amines) is 1. The van der Waals surface area contributed by atoms with Gasteiger partial charge in [-0.15, -0.1) is 0 Å². The molecule has 7 heteroatoms. The zero-order valence-corrected chi connectivity index (χ0v) is 21.0. The molecule has 2 aliphatic rings. The number of hydrogen-bond donors (Lipinski definition) is 2. The molecule has 2 aromatic carbocycles. The summed E-state index contributed by atoms with van der Waals surface area (Å²) in [5.41, 5.74) is 2.65. The molecule has 0 spiro atoms. The van der Waals surface area contributed by atoms with Crippen molar-refractivity contribution in [3.8, 4) is 11.1 Å². The summed E-state index contributed by atoms with van der Waals surface area (Å²) in [4.78, 5) is 39.5. The monoisotopic (exact) mass is 478 g/mol. The third-order valence-corrected chi connectivity index (χ3v) is 8.19. The minimum absolute atomic E-state index is 0.0516. The molecular formula is C28H34N2O5. The molecule has 1 aliphatic heterocycles. The van der Waals surface area contributed by atoms with Crippen LogP contribution in [-0.4, -0.2) is 52.7 Å². The minimum Gasteiger partial charge on any atom is -0.481 e. The number of carboxylic acid groups (broad SMARTS) is 1. The van der Waals surface area contributed by atoms with Crippen LogP contribution in [0.25, 0.3) is 11.1 Å². The summed E-state index contributed by atoms with van der Waals surface area (Å²) in [6.07, 6.45) is -0.158. The molecule has 2 atom stereocenters. The van der Waals surface area contributed by atoms with Crippen molar-refractivity contribution in [1.82, 2.24) is 10.2 Å². The van der Waals surface area contributed by atoms with Gasteiger partial charge in [-0.1, -0.05) is 48.5 Å². The van der Waals surface area contributed by atoms with Crippen LogP contribution in [0.3, 0.4) is 0 Å². The van der Waals surface area contributed by atoms with Gasteiger partial charge < -0.3 is 20.1 Å². The lowest BCUT2D eigenvalue weighted by Gasteiger charge is -2.43. The maximum absolute atomic E-state index is 13.5. The number of rotatable bonds is 6. The van der Waals surface area contributed by atoms with Gasteiger partial charge in [0.2, 0.25) is 5.91 Å². The molecule has 2 amide bonds. The predicted molar refractivity (Wildman–Crippen MR) is 133 cm³/mol. The summed E-state index contributed by atoms with van der Waals surface area (Å²) < 4.78 is 5.69. The Bertz CT molecular complexity index is 1110. The molecular weight excluding hydrogens is 444 g/mol. The number of carbonyl (C=O) groups excluding carboxylic acids is 2. The van der Waals surface area contributed by atoms with Crippen LogP contribution in [0.5, 0.6) is 0 Å². The van der Waals surface area contributed by atoms with E-state index in [4.69, 9.17) is 4.74 Å². The van der Waals surface area contributed by atoms with E-state index in [1.54, 1.807) is 39.5 Å². The van der Waals surface area contributed by atoms with Crippen molar-refractivity contribution in [2.24, 2.45) is 11.3 Å². The van der Waals surface area contributed by atoms with Crippen molar-refractivity contribution in [1.29, 1.82) is 0 Å². The lowest BCUT2D eigenvalue weighted by Crippen LogP contribution is -2.60. The Hall–Kier alpha value is -3.35. The fourth-order valence-corrected chi connectivity index (χ4v) is 5.23. The number of carboxylic acids is 1. The van der Waals surface area contributed by atoms with E-state index in [-0.39, 0.29) is 18.4 Å². The molecule has 35 heavy (non-hydrogen) atoms. The Morgan fingerprint density at radius 2 is 1.54 bits per heavy atom. The topological polar surface area (TPSA) is 95.9 Å². The van der Waals surface area contributed by atoms with Gasteiger partial charge in [-0.05, 0) is 63.3 Å². The number of alkyl carbamates (subject to hydrolysis) is 1. The highest BCUT2D eigenvalue weighted by molar-refractivity contribution is 5.86. The highest BCUT2D eigenvalue weighted by Gasteiger charge is 2.50. The molecule has 1 fully saturated rings. The largest absolute Gasteiger partial charge is 0.481 e. The van der Waals surface area contributed by atoms with Gasteiger partial charge in [0, 0.05) is 18.5 Å². The summed E-state index contributed by atoms with van der Waals surface area (Å²) in [5, 5.41) is 12.3. The number of ether oxygens (including phenoxy) is 1. The molecule has 0 radical (unpaired) electrons. The third kappa shape index (κ3) is 4.28. The van der Waals surface area contributed by atoms with Crippen LogP contribution in [-0.2, 0) is 14.3 Å². The van der Waals surface area contributed by atoms with Crippen molar-refractivity contribution in [3.05, 3.63) is 59.7 Å². The number of nitrogens with zero attached hydrogens (tertiary/aromatic N) is 1. The van der Waals surface area contributed by atoms with E-state index in [1.165, 1.54) is 0 Å². The van der Waals surface area contributed by atoms with Gasteiger partial charge in [0.15, 0.2) is 0 Å². The number of fused-ring (bicyclic) bond motifs is 3. The number of amides is 2. The van der Waals surface area contributed by atoms with E-state index < -0.39 is 35.0 Å². The van der Waals surface area contributed by atoms with E-state index in [0.717, 1.165) is 22.3 Å². The average Bonchev–Trinajstić information content (AvgIpc) is 3.35. The molecule has 7 nitrogen and oxygen atoms in total. The molecule has 0 aromatic heterocycles. The maximum atomic E-state index is 13.5. The molecule has 4 rings (SSSR count). The standard InChI is InChI=1S/C28H34N2O5/c1-17-18(24(31)32)14-15-30(17)25(33)27(2,3)28(4,5)29-26(34)35-16-23-21-12-8-6-10-19(21)20-11-7-9-13-22(20)23/h6-13,17-18,23H,14-16H2,1-5H3,(H,29,34)(H,31,32). The van der Waals surface area contributed by atoms with Crippen LogP contribution in [0.2, 0.25) is 0 Å². The predicted octanol–water partition coefficient (Wildman–Crippen LogP) is 4.65. The Morgan fingerprint density at radius 1 is 1.00 bits per heavy atom. The normalized spacial score (nSPS) is 19.7. The van der Waals surface area contributed by atoms with E-state index in [0.29, 0.717) is 13.0 Å². The fraction of sp³-hybridized carbons (Fsp3) is 0.464. The summed E-state index contributed by atoms with van der Waals surface area (Å²) in [6.45, 7) is 9.49. The van der Waals surface area contributed by atoms with Crippen molar-refractivity contribution < 1.29 is 24.2 Å². The maximum Gasteiger partial charge on any atom is 0.407 e. The van der Waals surface area contributed by atoms with Crippen molar-refractivity contribution in [3.63, 3.8) is 0 Å². The fourth-order valence-electron chi connectivity index (χ4n) is 5.23. The van der Waals surface area contributed by atoms with Gasteiger partial charge >= 0.3 is 12.1 Å². The third-order valence-electron chi connectivity index (χ3n) is 8.19. The SMILES string of the molecule is CC1C(C(=O)O)CCN1C(=O)C(C)(C)C(C)(C)NC(=O)OCC1c2ccccc2-c2ccccc21. The first kappa shape index (κ1) is 24.8. The van der Waals surface area contributed by atoms with Gasteiger partial charge in [0.05, 0.1) is 16.9 Å². The number of carbonyl (C=O) groups is 3. The van der Waals surface area contributed by atoms with Gasteiger partial charge in [-0.3, -0.25) is 9.59 Å². The van der Waals surface area contributed by atoms with Crippen LogP contribution >= 0.6 is 0 Å². The van der Waals surface area contributed by atoms with Crippen LogP contribution in [0.15, 0.2) is 48.5 Å². The van der Waals surface area contributed by atoms with E-state index in [1.807, 2.05) is 24.3 Å². The first-order valence-corrected chi connectivity index (χ1v) is 12.1.